The quantitative estimate of drug-likeness (QED) is 0.153. The van der Waals surface area contributed by atoms with E-state index >= 15 is 0 Å². The number of carbonyl (C=O) groups is 2. The number of hydrogen-bond donors (Lipinski definition) is 4. The first-order valence-corrected chi connectivity index (χ1v) is 11.5. The van der Waals surface area contributed by atoms with Crippen LogP contribution < -0.4 is 10.8 Å². The van der Waals surface area contributed by atoms with Crippen molar-refractivity contribution >= 4 is 60.3 Å². The molecule has 0 aromatic heterocycles. The van der Waals surface area contributed by atoms with Gasteiger partial charge in [0.15, 0.2) is 0 Å². The molecule has 0 bridgehead atoms. The molecule has 0 saturated heterocycles. The number of fused-ring (bicyclic) bond motifs is 1. The second-order valence-corrected chi connectivity index (χ2v) is 9.66. The highest BCUT2D eigenvalue weighted by Gasteiger charge is 2.35. The summed E-state index contributed by atoms with van der Waals surface area (Å²) < 4.78 is 6.87. The number of phenols is 1. The van der Waals surface area contributed by atoms with Crippen LogP contribution in [-0.2, 0) is 9.53 Å². The first-order valence-electron chi connectivity index (χ1n) is 9.89. The summed E-state index contributed by atoms with van der Waals surface area (Å²) in [5, 5.41) is 24.1. The van der Waals surface area contributed by atoms with Crippen LogP contribution in [0.2, 0.25) is 0 Å². The normalized spacial score (nSPS) is 12.5. The van der Waals surface area contributed by atoms with Gasteiger partial charge in [-0.25, -0.2) is 10.3 Å². The van der Waals surface area contributed by atoms with E-state index in [0.29, 0.717) is 20.2 Å². The maximum absolute atomic E-state index is 13.0. The fourth-order valence-electron chi connectivity index (χ4n) is 3.40. The Kier molecular flexibility index (Phi) is 7.78. The molecule has 33 heavy (non-hydrogen) atoms. The minimum Gasteiger partial charge on any atom is -0.506 e. The predicted molar refractivity (Wildman–Crippen MR) is 133 cm³/mol. The lowest BCUT2D eigenvalue weighted by molar-refractivity contribution is -0.124. The van der Waals surface area contributed by atoms with Gasteiger partial charge in [-0.2, -0.15) is 0 Å². The summed E-state index contributed by atoms with van der Waals surface area (Å²) in [6, 6.07) is 16.4. The molecule has 0 aliphatic heterocycles. The van der Waals surface area contributed by atoms with E-state index in [-0.39, 0.29) is 5.75 Å². The van der Waals surface area contributed by atoms with Gasteiger partial charge >= 0.3 is 6.09 Å². The third-order valence-electron chi connectivity index (χ3n) is 5.04. The van der Waals surface area contributed by atoms with E-state index in [1.165, 1.54) is 11.6 Å². The molecule has 0 unspecified atom stereocenters. The van der Waals surface area contributed by atoms with Crippen LogP contribution in [0.25, 0.3) is 10.8 Å². The molecule has 3 aromatic rings. The van der Waals surface area contributed by atoms with Crippen LogP contribution in [0.4, 0.5) is 10.5 Å². The number of amides is 2. The van der Waals surface area contributed by atoms with Crippen LogP contribution in [0.5, 0.6) is 5.75 Å². The first kappa shape index (κ1) is 24.8. The molecule has 0 heterocycles. The molecule has 0 radical (unpaired) electrons. The molecule has 0 fully saturated rings. The summed E-state index contributed by atoms with van der Waals surface area (Å²) in [5.41, 5.74) is 1.46. The monoisotopic (exact) mass is 576 g/mol. The molecule has 2 amide bonds. The largest absolute Gasteiger partial charge is 0.506 e. The first-order chi connectivity index (χ1) is 15.6. The minimum atomic E-state index is -0.996. The average molecular weight is 578 g/mol. The number of ether oxygens (including phenoxy) is 1. The highest BCUT2D eigenvalue weighted by molar-refractivity contribution is 9.11. The van der Waals surface area contributed by atoms with E-state index in [1.54, 1.807) is 32.0 Å². The molecule has 4 N–H and O–H groups in total. The lowest BCUT2D eigenvalue weighted by atomic mass is 9.81. The van der Waals surface area contributed by atoms with Crippen LogP contribution in [0, 0.1) is 5.41 Å². The molecule has 9 heteroatoms. The Morgan fingerprint density at radius 3 is 2.52 bits per heavy atom. The van der Waals surface area contributed by atoms with Gasteiger partial charge in [-0.3, -0.25) is 15.3 Å². The van der Waals surface area contributed by atoms with Crippen molar-refractivity contribution in [1.29, 1.82) is 0 Å². The Labute approximate surface area is 207 Å². The number of hydrogen-bond acceptors (Lipinski definition) is 5. The Balaban J connectivity index is 1.98. The summed E-state index contributed by atoms with van der Waals surface area (Å²) in [6.45, 7) is 3.47. The number of benzene rings is 3. The number of phenolic OH excluding ortho intramolecular Hbond substituents is 1. The zero-order valence-electron chi connectivity index (χ0n) is 17.8. The van der Waals surface area contributed by atoms with Gasteiger partial charge in [0.25, 0.3) is 5.91 Å². The lowest BCUT2D eigenvalue weighted by Gasteiger charge is -2.32. The molecule has 172 valence electrons. The molecule has 0 aliphatic carbocycles. The van der Waals surface area contributed by atoms with Crippen LogP contribution in [0.3, 0.4) is 0 Å². The maximum atomic E-state index is 13.0. The van der Waals surface area contributed by atoms with Gasteiger partial charge < -0.3 is 9.84 Å². The molecule has 0 saturated carbocycles. The topological polar surface area (TPSA) is 108 Å². The maximum Gasteiger partial charge on any atom is 0.412 e. The zero-order chi connectivity index (χ0) is 24.2. The number of hydroxylamine groups is 1. The summed E-state index contributed by atoms with van der Waals surface area (Å²) in [5.74, 6) is -0.837. The van der Waals surface area contributed by atoms with Crippen molar-refractivity contribution in [2.24, 2.45) is 5.41 Å². The van der Waals surface area contributed by atoms with E-state index in [2.05, 4.69) is 37.2 Å². The van der Waals surface area contributed by atoms with Gasteiger partial charge in [0.1, 0.15) is 11.9 Å². The van der Waals surface area contributed by atoms with Gasteiger partial charge in [0.05, 0.1) is 10.2 Å². The Morgan fingerprint density at radius 2 is 1.79 bits per heavy atom. The highest BCUT2D eigenvalue weighted by atomic mass is 79.9. The molecule has 0 aliphatic rings. The summed E-state index contributed by atoms with van der Waals surface area (Å²) in [4.78, 5) is 24.5. The third-order valence-corrected chi connectivity index (χ3v) is 6.10. The van der Waals surface area contributed by atoms with Gasteiger partial charge in [-0.1, -0.05) is 72.3 Å². The minimum absolute atomic E-state index is 0.103. The van der Waals surface area contributed by atoms with Gasteiger partial charge in [-0.15, -0.1) is 0 Å². The summed E-state index contributed by atoms with van der Waals surface area (Å²) >= 11 is 6.69. The zero-order valence-corrected chi connectivity index (χ0v) is 21.0. The van der Waals surface area contributed by atoms with Crippen molar-refractivity contribution in [2.45, 2.75) is 20.0 Å². The molecule has 1 atom stereocenters. The summed E-state index contributed by atoms with van der Waals surface area (Å²) in [6.07, 6.45) is 0.884. The van der Waals surface area contributed by atoms with Crippen molar-refractivity contribution in [2.75, 3.05) is 5.32 Å². The highest BCUT2D eigenvalue weighted by Crippen LogP contribution is 2.45. The van der Waals surface area contributed by atoms with Crippen molar-refractivity contribution in [1.82, 2.24) is 5.48 Å². The van der Waals surface area contributed by atoms with Crippen LogP contribution >= 0.6 is 31.9 Å². The predicted octanol–water partition coefficient (Wildman–Crippen LogP) is 6.45. The van der Waals surface area contributed by atoms with Crippen LogP contribution in [0.1, 0.15) is 25.5 Å². The Hall–Kier alpha value is -2.88. The molecule has 7 nitrogen and oxygen atoms in total. The third kappa shape index (κ3) is 5.93. The fraction of sp³-hybridized carbons (Fsp3) is 0.167. The van der Waals surface area contributed by atoms with Crippen molar-refractivity contribution in [3.05, 3.63) is 81.3 Å². The van der Waals surface area contributed by atoms with E-state index in [1.807, 2.05) is 36.4 Å². The number of carbonyl (C=O) groups excluding carboxylic acids is 2. The number of nitrogens with one attached hydrogen (secondary N) is 2. The van der Waals surface area contributed by atoms with E-state index < -0.39 is 23.5 Å². The fourth-order valence-corrected chi connectivity index (χ4v) is 4.66. The number of aromatic hydroxyl groups is 1. The van der Waals surface area contributed by atoms with Crippen molar-refractivity contribution in [3.8, 4) is 5.75 Å². The number of halogens is 2. The molecule has 3 rings (SSSR count). The Bertz CT molecular complexity index is 1220. The van der Waals surface area contributed by atoms with E-state index in [9.17, 15) is 14.7 Å². The number of rotatable bonds is 6. The van der Waals surface area contributed by atoms with E-state index in [4.69, 9.17) is 9.94 Å². The van der Waals surface area contributed by atoms with Crippen molar-refractivity contribution < 1.29 is 24.6 Å². The molecule has 0 spiro atoms. The average Bonchev–Trinajstić information content (AvgIpc) is 2.78. The lowest BCUT2D eigenvalue weighted by Crippen LogP contribution is -2.28. The SMILES string of the molecule is CC(C)(/C=C/C(=O)NO)[C@H](OC(=O)Nc1cccc2ccccc12)c1cc(Br)cc(Br)c1O. The van der Waals surface area contributed by atoms with Gasteiger partial charge in [0, 0.05) is 26.9 Å². The molecular formula is C24H22Br2N2O5. The Morgan fingerprint density at radius 1 is 1.09 bits per heavy atom. The summed E-state index contributed by atoms with van der Waals surface area (Å²) in [7, 11) is 0. The van der Waals surface area contributed by atoms with Crippen LogP contribution in [0.15, 0.2) is 75.7 Å². The van der Waals surface area contributed by atoms with Gasteiger partial charge in [-0.05, 0) is 39.5 Å². The smallest absolute Gasteiger partial charge is 0.412 e. The number of anilines is 1. The van der Waals surface area contributed by atoms with Crippen molar-refractivity contribution in [3.63, 3.8) is 0 Å². The standard InChI is InChI=1S/C24H22Br2N2O5/c1-24(2,11-10-20(29)28-32)22(17-12-15(25)13-18(26)21(17)30)33-23(31)27-19-9-5-7-14-6-3-4-8-16(14)19/h3-13,22,30,32H,1-2H3,(H,27,31)(H,28,29)/b11-10+/t22-/m1/s1. The second-order valence-electron chi connectivity index (χ2n) is 7.89. The molecule has 3 aromatic carbocycles. The van der Waals surface area contributed by atoms with Crippen LogP contribution in [-0.4, -0.2) is 22.3 Å². The van der Waals surface area contributed by atoms with Gasteiger partial charge in [0.2, 0.25) is 0 Å². The van der Waals surface area contributed by atoms with E-state index in [0.717, 1.165) is 16.8 Å². The second kappa shape index (κ2) is 10.4. The molecular weight excluding hydrogens is 556 g/mol.